The van der Waals surface area contributed by atoms with E-state index in [1.807, 2.05) is 20.2 Å². The molecular weight excluding hydrogens is 228 g/mol. The largest absolute Gasteiger partial charge is 0.376 e. The van der Waals surface area contributed by atoms with Crippen LogP contribution in [0.5, 0.6) is 0 Å². The summed E-state index contributed by atoms with van der Waals surface area (Å²) in [7, 11) is 2.01. The summed E-state index contributed by atoms with van der Waals surface area (Å²) in [4.78, 5) is 10.9. The first-order valence-corrected chi connectivity index (χ1v) is 6.56. The highest BCUT2D eigenvalue weighted by atomic mass is 16.5. The predicted molar refractivity (Wildman–Crippen MR) is 71.5 cm³/mol. The zero-order valence-corrected chi connectivity index (χ0v) is 11.2. The van der Waals surface area contributed by atoms with Crippen LogP contribution in [0, 0.1) is 6.92 Å². The van der Waals surface area contributed by atoms with Gasteiger partial charge in [-0.1, -0.05) is 0 Å². The third kappa shape index (κ3) is 3.17. The smallest absolute Gasteiger partial charge is 0.225 e. The first-order chi connectivity index (χ1) is 8.70. The van der Waals surface area contributed by atoms with E-state index in [2.05, 4.69) is 14.9 Å². The van der Waals surface area contributed by atoms with Gasteiger partial charge in [-0.3, -0.25) is 0 Å². The van der Waals surface area contributed by atoms with Gasteiger partial charge in [0.05, 0.1) is 6.10 Å². The van der Waals surface area contributed by atoms with Gasteiger partial charge in [0, 0.05) is 44.2 Å². The quantitative estimate of drug-likeness (QED) is 0.871. The molecule has 5 nitrogen and oxygen atoms in total. The molecule has 1 aromatic rings. The molecule has 2 heterocycles. The highest BCUT2D eigenvalue weighted by molar-refractivity contribution is 5.32. The van der Waals surface area contributed by atoms with Crippen molar-refractivity contribution in [3.63, 3.8) is 0 Å². The van der Waals surface area contributed by atoms with Crippen molar-refractivity contribution < 1.29 is 4.74 Å². The third-order valence-corrected chi connectivity index (χ3v) is 3.38. The zero-order chi connectivity index (χ0) is 13.0. The number of hydrogen-bond donors (Lipinski definition) is 1. The van der Waals surface area contributed by atoms with E-state index in [4.69, 9.17) is 10.5 Å². The zero-order valence-electron chi connectivity index (χ0n) is 11.2. The summed E-state index contributed by atoms with van der Waals surface area (Å²) in [5, 5.41) is 0. The molecule has 1 aliphatic heterocycles. The molecule has 18 heavy (non-hydrogen) atoms. The Morgan fingerprint density at radius 3 is 2.94 bits per heavy atom. The SMILES string of the molecule is Cc1nc(N(C)CC2CCCCO2)ncc1CN. The fourth-order valence-corrected chi connectivity index (χ4v) is 2.20. The summed E-state index contributed by atoms with van der Waals surface area (Å²) in [6.07, 6.45) is 5.69. The van der Waals surface area contributed by atoms with Crippen LogP contribution in [-0.4, -0.2) is 36.3 Å². The summed E-state index contributed by atoms with van der Waals surface area (Å²) in [6.45, 7) is 4.19. The van der Waals surface area contributed by atoms with E-state index >= 15 is 0 Å². The molecule has 1 fully saturated rings. The van der Waals surface area contributed by atoms with Crippen LogP contribution in [0.25, 0.3) is 0 Å². The summed E-state index contributed by atoms with van der Waals surface area (Å²) < 4.78 is 5.73. The number of aryl methyl sites for hydroxylation is 1. The maximum atomic E-state index is 5.73. The minimum absolute atomic E-state index is 0.307. The second-order valence-corrected chi connectivity index (χ2v) is 4.85. The summed E-state index contributed by atoms with van der Waals surface area (Å²) in [5.41, 5.74) is 7.57. The molecular formula is C13H22N4O. The molecule has 2 N–H and O–H groups in total. The lowest BCUT2D eigenvalue weighted by atomic mass is 10.1. The molecule has 1 saturated heterocycles. The summed E-state index contributed by atoms with van der Waals surface area (Å²) in [6, 6.07) is 0. The lowest BCUT2D eigenvalue weighted by molar-refractivity contribution is 0.0214. The van der Waals surface area contributed by atoms with Crippen LogP contribution in [-0.2, 0) is 11.3 Å². The van der Waals surface area contributed by atoms with Crippen molar-refractivity contribution in [1.29, 1.82) is 0 Å². The number of ether oxygens (including phenoxy) is 1. The molecule has 0 aromatic carbocycles. The standard InChI is InChI=1S/C13H22N4O/c1-10-11(7-14)8-15-13(16-10)17(2)9-12-5-3-4-6-18-12/h8,12H,3-7,9,14H2,1-2H3. The van der Waals surface area contributed by atoms with E-state index in [0.29, 0.717) is 12.6 Å². The van der Waals surface area contributed by atoms with E-state index in [1.165, 1.54) is 12.8 Å². The molecule has 0 saturated carbocycles. The van der Waals surface area contributed by atoms with Crippen LogP contribution in [0.4, 0.5) is 5.95 Å². The average Bonchev–Trinajstić information content (AvgIpc) is 2.39. The predicted octanol–water partition coefficient (Wildman–Crippen LogP) is 1.25. The number of aromatic nitrogens is 2. The maximum Gasteiger partial charge on any atom is 0.225 e. The van der Waals surface area contributed by atoms with Crippen LogP contribution in [0.1, 0.15) is 30.5 Å². The summed E-state index contributed by atoms with van der Waals surface area (Å²) >= 11 is 0. The monoisotopic (exact) mass is 250 g/mol. The van der Waals surface area contributed by atoms with Gasteiger partial charge in [0.1, 0.15) is 0 Å². The van der Waals surface area contributed by atoms with Gasteiger partial charge in [0.2, 0.25) is 5.95 Å². The summed E-state index contributed by atoms with van der Waals surface area (Å²) in [5.74, 6) is 0.749. The molecule has 2 rings (SSSR count). The van der Waals surface area contributed by atoms with Crippen molar-refractivity contribution in [1.82, 2.24) is 9.97 Å². The topological polar surface area (TPSA) is 64.3 Å². The van der Waals surface area contributed by atoms with Crippen molar-refractivity contribution in [2.24, 2.45) is 5.73 Å². The Morgan fingerprint density at radius 1 is 1.50 bits per heavy atom. The molecule has 0 bridgehead atoms. The van der Waals surface area contributed by atoms with Crippen molar-refractivity contribution >= 4 is 5.95 Å². The number of nitrogens with two attached hydrogens (primary N) is 1. The normalized spacial score (nSPS) is 19.8. The van der Waals surface area contributed by atoms with Gasteiger partial charge in [-0.2, -0.15) is 0 Å². The van der Waals surface area contributed by atoms with Crippen molar-refractivity contribution in [3.8, 4) is 0 Å². The van der Waals surface area contributed by atoms with Crippen LogP contribution in [0.3, 0.4) is 0 Å². The highest BCUT2D eigenvalue weighted by Gasteiger charge is 2.17. The molecule has 0 amide bonds. The Hall–Kier alpha value is -1.20. The lowest BCUT2D eigenvalue weighted by Crippen LogP contribution is -2.34. The van der Waals surface area contributed by atoms with E-state index < -0.39 is 0 Å². The average molecular weight is 250 g/mol. The number of hydrogen-bond acceptors (Lipinski definition) is 5. The van der Waals surface area contributed by atoms with Crippen molar-refractivity contribution in [2.45, 2.75) is 38.8 Å². The van der Waals surface area contributed by atoms with Crippen LogP contribution >= 0.6 is 0 Å². The van der Waals surface area contributed by atoms with Gasteiger partial charge in [-0.25, -0.2) is 9.97 Å². The highest BCUT2D eigenvalue weighted by Crippen LogP contribution is 2.16. The third-order valence-electron chi connectivity index (χ3n) is 3.38. The lowest BCUT2D eigenvalue weighted by Gasteiger charge is -2.27. The number of anilines is 1. The number of nitrogens with zero attached hydrogens (tertiary/aromatic N) is 3. The Morgan fingerprint density at radius 2 is 2.33 bits per heavy atom. The fourth-order valence-electron chi connectivity index (χ4n) is 2.20. The van der Waals surface area contributed by atoms with Gasteiger partial charge in [0.15, 0.2) is 0 Å². The van der Waals surface area contributed by atoms with E-state index in [1.54, 1.807) is 0 Å². The van der Waals surface area contributed by atoms with E-state index in [0.717, 1.165) is 36.8 Å². The molecule has 1 unspecified atom stereocenters. The molecule has 1 atom stereocenters. The van der Waals surface area contributed by atoms with E-state index in [9.17, 15) is 0 Å². The Kier molecular flexibility index (Phi) is 4.49. The molecule has 0 radical (unpaired) electrons. The molecule has 100 valence electrons. The molecule has 0 aliphatic carbocycles. The van der Waals surface area contributed by atoms with Crippen LogP contribution < -0.4 is 10.6 Å². The number of rotatable bonds is 4. The second kappa shape index (κ2) is 6.11. The van der Waals surface area contributed by atoms with Crippen LogP contribution in [0.15, 0.2) is 6.20 Å². The van der Waals surface area contributed by atoms with Gasteiger partial charge < -0.3 is 15.4 Å². The van der Waals surface area contributed by atoms with Crippen molar-refractivity contribution in [2.75, 3.05) is 25.1 Å². The Bertz CT molecular complexity index is 391. The number of likely N-dealkylation sites (N-methyl/N-ethyl adjacent to an activating group) is 1. The van der Waals surface area contributed by atoms with Gasteiger partial charge >= 0.3 is 0 Å². The minimum Gasteiger partial charge on any atom is -0.376 e. The molecule has 1 aromatic heterocycles. The van der Waals surface area contributed by atoms with Gasteiger partial charge in [0.25, 0.3) is 0 Å². The van der Waals surface area contributed by atoms with Crippen molar-refractivity contribution in [3.05, 3.63) is 17.5 Å². The van der Waals surface area contributed by atoms with Gasteiger partial charge in [-0.05, 0) is 26.2 Å². The first-order valence-electron chi connectivity index (χ1n) is 6.56. The van der Waals surface area contributed by atoms with Gasteiger partial charge in [-0.15, -0.1) is 0 Å². The molecule has 1 aliphatic rings. The molecule has 5 heteroatoms. The minimum atomic E-state index is 0.307. The Balaban J connectivity index is 1.99. The Labute approximate surface area is 108 Å². The maximum absolute atomic E-state index is 5.73. The molecule has 0 spiro atoms. The second-order valence-electron chi connectivity index (χ2n) is 4.85. The fraction of sp³-hybridized carbons (Fsp3) is 0.692. The van der Waals surface area contributed by atoms with Crippen LogP contribution in [0.2, 0.25) is 0 Å². The van der Waals surface area contributed by atoms with E-state index in [-0.39, 0.29) is 0 Å². The first kappa shape index (κ1) is 13.2.